The molecule has 21 heavy (non-hydrogen) atoms. The van der Waals surface area contributed by atoms with E-state index in [4.69, 9.17) is 28.0 Å². The van der Waals surface area contributed by atoms with Crippen molar-refractivity contribution < 1.29 is 13.3 Å². The van der Waals surface area contributed by atoms with Gasteiger partial charge in [-0.15, -0.1) is 0 Å². The van der Waals surface area contributed by atoms with E-state index in [2.05, 4.69) is 0 Å². The van der Waals surface area contributed by atoms with Gasteiger partial charge in [-0.2, -0.15) is 0 Å². The lowest BCUT2D eigenvalue weighted by atomic mass is 10.2. The van der Waals surface area contributed by atoms with E-state index in [0.717, 1.165) is 10.0 Å². The molecular formula is C14H11Cl2NO3S. The molecule has 3 rings (SSSR count). The van der Waals surface area contributed by atoms with Crippen molar-refractivity contribution in [1.82, 2.24) is 4.47 Å². The van der Waals surface area contributed by atoms with Gasteiger partial charge in [0.15, 0.2) is 6.23 Å². The summed E-state index contributed by atoms with van der Waals surface area (Å²) < 4.78 is 25.8. The third-order valence-electron chi connectivity index (χ3n) is 3.15. The number of rotatable bonds is 3. The summed E-state index contributed by atoms with van der Waals surface area (Å²) in [6.07, 6.45) is -0.780. The summed E-state index contributed by atoms with van der Waals surface area (Å²) in [6.45, 7) is 1.89. The first-order chi connectivity index (χ1) is 9.91. The Bertz CT molecular complexity index is 770. The standard InChI is InChI=1S/C14H11Cl2NO3S/c1-9-5-7-10(8-6-9)21(18,19)17-14(20-17)13-11(15)3-2-4-12(13)16/h2-8,14H,1H3. The molecule has 7 heteroatoms. The van der Waals surface area contributed by atoms with Gasteiger partial charge in [-0.05, 0) is 35.7 Å². The molecule has 0 bridgehead atoms. The van der Waals surface area contributed by atoms with Gasteiger partial charge in [-0.1, -0.05) is 47.0 Å². The van der Waals surface area contributed by atoms with Crippen LogP contribution in [0.3, 0.4) is 0 Å². The first kappa shape index (κ1) is 14.8. The first-order valence-corrected chi connectivity index (χ1v) is 8.32. The maximum atomic E-state index is 12.4. The van der Waals surface area contributed by atoms with E-state index >= 15 is 0 Å². The normalized spacial score (nSPS) is 21.3. The Morgan fingerprint density at radius 2 is 1.62 bits per heavy atom. The molecule has 1 aliphatic rings. The molecule has 0 N–H and O–H groups in total. The largest absolute Gasteiger partial charge is 0.267 e. The highest BCUT2D eigenvalue weighted by atomic mass is 35.5. The van der Waals surface area contributed by atoms with Crippen LogP contribution in [-0.2, 0) is 14.9 Å². The van der Waals surface area contributed by atoms with E-state index in [1.54, 1.807) is 30.3 Å². The molecule has 2 unspecified atom stereocenters. The number of nitrogens with zero attached hydrogens (tertiary/aromatic N) is 1. The number of benzene rings is 2. The molecule has 0 saturated carbocycles. The summed E-state index contributed by atoms with van der Waals surface area (Å²) in [5.74, 6) is 0. The zero-order valence-electron chi connectivity index (χ0n) is 11.0. The van der Waals surface area contributed by atoms with Crippen LogP contribution in [0.4, 0.5) is 0 Å². The van der Waals surface area contributed by atoms with Crippen LogP contribution in [0.5, 0.6) is 0 Å². The van der Waals surface area contributed by atoms with Crippen LogP contribution < -0.4 is 0 Å². The SMILES string of the molecule is Cc1ccc(S(=O)(=O)N2OC2c2c(Cl)cccc2Cl)cc1. The van der Waals surface area contributed by atoms with Crippen molar-refractivity contribution in [2.75, 3.05) is 0 Å². The molecule has 0 aromatic heterocycles. The van der Waals surface area contributed by atoms with Crippen molar-refractivity contribution >= 4 is 33.2 Å². The van der Waals surface area contributed by atoms with Crippen molar-refractivity contribution in [3.05, 3.63) is 63.6 Å². The summed E-state index contributed by atoms with van der Waals surface area (Å²) in [5.41, 5.74) is 1.43. The van der Waals surface area contributed by atoms with Crippen molar-refractivity contribution in [2.45, 2.75) is 18.0 Å². The van der Waals surface area contributed by atoms with Gasteiger partial charge >= 0.3 is 0 Å². The number of hydrogen-bond acceptors (Lipinski definition) is 3. The molecule has 2 atom stereocenters. The monoisotopic (exact) mass is 343 g/mol. The highest BCUT2D eigenvalue weighted by molar-refractivity contribution is 7.89. The van der Waals surface area contributed by atoms with Crippen LogP contribution in [0.1, 0.15) is 17.4 Å². The van der Waals surface area contributed by atoms with Gasteiger partial charge in [-0.25, -0.2) is 8.42 Å². The molecular weight excluding hydrogens is 333 g/mol. The number of hydrogen-bond donors (Lipinski definition) is 0. The fourth-order valence-electron chi connectivity index (χ4n) is 1.97. The van der Waals surface area contributed by atoms with Crippen molar-refractivity contribution in [3.63, 3.8) is 0 Å². The third kappa shape index (κ3) is 2.67. The lowest BCUT2D eigenvalue weighted by Gasteiger charge is -2.05. The summed E-state index contributed by atoms with van der Waals surface area (Å²) in [4.78, 5) is 5.36. The summed E-state index contributed by atoms with van der Waals surface area (Å²) in [6, 6.07) is 11.5. The second-order valence-corrected chi connectivity index (χ2v) is 7.26. The van der Waals surface area contributed by atoms with Gasteiger partial charge in [0.2, 0.25) is 0 Å². The highest BCUT2D eigenvalue weighted by Crippen LogP contribution is 2.47. The zero-order chi connectivity index (χ0) is 15.2. The molecule has 2 aromatic rings. The molecule has 0 radical (unpaired) electrons. The second-order valence-electron chi connectivity index (χ2n) is 4.67. The van der Waals surface area contributed by atoms with Crippen LogP contribution in [-0.4, -0.2) is 12.9 Å². The van der Waals surface area contributed by atoms with Crippen molar-refractivity contribution in [2.24, 2.45) is 0 Å². The minimum atomic E-state index is -3.72. The van der Waals surface area contributed by atoms with Crippen LogP contribution in [0.2, 0.25) is 10.0 Å². The van der Waals surface area contributed by atoms with E-state index < -0.39 is 16.3 Å². The summed E-state index contributed by atoms with van der Waals surface area (Å²) in [7, 11) is -3.72. The van der Waals surface area contributed by atoms with Gasteiger partial charge in [0.05, 0.1) is 4.90 Å². The molecule has 1 heterocycles. The molecule has 1 fully saturated rings. The fraction of sp³-hybridized carbons (Fsp3) is 0.143. The quantitative estimate of drug-likeness (QED) is 0.793. The Kier molecular flexibility index (Phi) is 3.71. The van der Waals surface area contributed by atoms with Crippen LogP contribution in [0, 0.1) is 6.92 Å². The topological polar surface area (TPSA) is 49.7 Å². The smallest absolute Gasteiger partial charge is 0.253 e. The Morgan fingerprint density at radius 1 is 1.05 bits per heavy atom. The number of hydroxylamine groups is 1. The maximum absolute atomic E-state index is 12.4. The zero-order valence-corrected chi connectivity index (χ0v) is 13.3. The third-order valence-corrected chi connectivity index (χ3v) is 5.43. The van der Waals surface area contributed by atoms with Gasteiger partial charge in [0.25, 0.3) is 10.0 Å². The fourth-order valence-corrected chi connectivity index (χ4v) is 3.80. The van der Waals surface area contributed by atoms with E-state index in [9.17, 15) is 8.42 Å². The van der Waals surface area contributed by atoms with E-state index in [-0.39, 0.29) is 4.90 Å². The molecule has 0 aliphatic carbocycles. The Hall–Kier alpha value is -1.11. The van der Waals surface area contributed by atoms with Gasteiger partial charge in [-0.3, -0.25) is 4.84 Å². The lowest BCUT2D eigenvalue weighted by molar-refractivity contribution is 0.283. The predicted molar refractivity (Wildman–Crippen MR) is 80.5 cm³/mol. The predicted octanol–water partition coefficient (Wildman–Crippen LogP) is 3.94. The van der Waals surface area contributed by atoms with Gasteiger partial charge in [0, 0.05) is 15.6 Å². The molecule has 0 spiro atoms. The minimum Gasteiger partial charge on any atom is -0.253 e. The van der Waals surface area contributed by atoms with Crippen molar-refractivity contribution in [3.8, 4) is 0 Å². The average Bonchev–Trinajstić information content (AvgIpc) is 3.20. The number of sulfonamides is 1. The van der Waals surface area contributed by atoms with E-state index in [1.807, 2.05) is 6.92 Å². The van der Waals surface area contributed by atoms with Gasteiger partial charge in [0.1, 0.15) is 0 Å². The Morgan fingerprint density at radius 3 is 2.19 bits per heavy atom. The van der Waals surface area contributed by atoms with Gasteiger partial charge < -0.3 is 0 Å². The Balaban J connectivity index is 1.92. The maximum Gasteiger partial charge on any atom is 0.267 e. The molecule has 4 nitrogen and oxygen atoms in total. The first-order valence-electron chi connectivity index (χ1n) is 6.13. The molecule has 2 aromatic carbocycles. The minimum absolute atomic E-state index is 0.166. The summed E-state index contributed by atoms with van der Waals surface area (Å²) >= 11 is 12.1. The lowest BCUT2D eigenvalue weighted by Crippen LogP contribution is -2.12. The van der Waals surface area contributed by atoms with Crippen LogP contribution in [0.15, 0.2) is 47.4 Å². The Labute approximate surface area is 132 Å². The highest BCUT2D eigenvalue weighted by Gasteiger charge is 2.50. The van der Waals surface area contributed by atoms with E-state index in [1.165, 1.54) is 12.1 Å². The van der Waals surface area contributed by atoms with Crippen LogP contribution in [0.25, 0.3) is 0 Å². The number of halogens is 2. The van der Waals surface area contributed by atoms with E-state index in [0.29, 0.717) is 15.6 Å². The molecule has 1 saturated heterocycles. The average molecular weight is 344 g/mol. The molecule has 110 valence electrons. The van der Waals surface area contributed by atoms with Crippen LogP contribution >= 0.6 is 23.2 Å². The number of aryl methyl sites for hydroxylation is 1. The summed E-state index contributed by atoms with van der Waals surface area (Å²) in [5, 5.41) is 0.739. The van der Waals surface area contributed by atoms with Crippen molar-refractivity contribution in [1.29, 1.82) is 0 Å². The molecule has 0 amide bonds. The molecule has 1 aliphatic heterocycles. The second kappa shape index (κ2) is 5.26.